The molecule has 2 N–H and O–H groups in total. The van der Waals surface area contributed by atoms with Crippen LogP contribution in [0.2, 0.25) is 0 Å². The predicted molar refractivity (Wildman–Crippen MR) is 38.3 cm³/mol. The minimum atomic E-state index is -0.00500. The van der Waals surface area contributed by atoms with Crippen LogP contribution in [0.5, 0.6) is 0 Å². The number of H-pyrrole nitrogens is 1. The molecule has 0 aromatic carbocycles. The summed E-state index contributed by atoms with van der Waals surface area (Å²) >= 11 is 0. The van der Waals surface area contributed by atoms with E-state index in [1.165, 1.54) is 6.92 Å². The molecule has 10 heavy (non-hydrogen) atoms. The molecule has 0 spiro atoms. The van der Waals surface area contributed by atoms with Gasteiger partial charge in [0, 0.05) is 18.8 Å². The number of amides is 1. The second-order valence-corrected chi connectivity index (χ2v) is 2.11. The summed E-state index contributed by atoms with van der Waals surface area (Å²) in [5, 5.41) is 2.68. The molecule has 0 fully saturated rings. The SMILES string of the molecule is CC(=O)NCc1ccc[nH]1. The Hall–Kier alpha value is -1.25. The van der Waals surface area contributed by atoms with Crippen molar-refractivity contribution in [2.24, 2.45) is 0 Å². The maximum atomic E-state index is 10.4. The third kappa shape index (κ3) is 1.93. The van der Waals surface area contributed by atoms with Gasteiger partial charge in [-0.2, -0.15) is 0 Å². The lowest BCUT2D eigenvalue weighted by Gasteiger charge is -1.96. The first-order valence-corrected chi connectivity index (χ1v) is 3.16. The van der Waals surface area contributed by atoms with Gasteiger partial charge >= 0.3 is 0 Å². The van der Waals surface area contributed by atoms with E-state index in [-0.39, 0.29) is 5.91 Å². The number of rotatable bonds is 2. The molecule has 0 radical (unpaired) electrons. The van der Waals surface area contributed by atoms with Crippen molar-refractivity contribution >= 4 is 5.91 Å². The normalized spacial score (nSPS) is 9.30. The Bertz CT molecular complexity index is 203. The van der Waals surface area contributed by atoms with E-state index >= 15 is 0 Å². The van der Waals surface area contributed by atoms with Crippen molar-refractivity contribution in [2.75, 3.05) is 0 Å². The highest BCUT2D eigenvalue weighted by Gasteiger charge is 1.92. The molecule has 1 aromatic rings. The van der Waals surface area contributed by atoms with Gasteiger partial charge < -0.3 is 10.3 Å². The summed E-state index contributed by atoms with van der Waals surface area (Å²) in [5.41, 5.74) is 1.02. The smallest absolute Gasteiger partial charge is 0.217 e. The van der Waals surface area contributed by atoms with Gasteiger partial charge in [0.1, 0.15) is 0 Å². The van der Waals surface area contributed by atoms with Crippen molar-refractivity contribution in [1.82, 2.24) is 10.3 Å². The summed E-state index contributed by atoms with van der Waals surface area (Å²) in [6, 6.07) is 3.83. The number of hydrogen-bond acceptors (Lipinski definition) is 1. The van der Waals surface area contributed by atoms with Gasteiger partial charge in [0.15, 0.2) is 0 Å². The lowest BCUT2D eigenvalue weighted by molar-refractivity contribution is -0.119. The molecular weight excluding hydrogens is 128 g/mol. The van der Waals surface area contributed by atoms with Crippen LogP contribution in [0.1, 0.15) is 12.6 Å². The molecule has 3 heteroatoms. The van der Waals surface area contributed by atoms with E-state index < -0.39 is 0 Å². The van der Waals surface area contributed by atoms with Crippen molar-refractivity contribution in [2.45, 2.75) is 13.5 Å². The van der Waals surface area contributed by atoms with Crippen LogP contribution in [-0.2, 0) is 11.3 Å². The van der Waals surface area contributed by atoms with Gasteiger partial charge in [0.2, 0.25) is 5.91 Å². The monoisotopic (exact) mass is 138 g/mol. The molecule has 0 unspecified atom stereocenters. The minimum absolute atomic E-state index is 0.00500. The summed E-state index contributed by atoms with van der Waals surface area (Å²) in [6.45, 7) is 2.09. The fourth-order valence-electron chi connectivity index (χ4n) is 0.697. The first-order chi connectivity index (χ1) is 4.79. The Kier molecular flexibility index (Phi) is 2.10. The molecule has 0 atom stereocenters. The second-order valence-electron chi connectivity index (χ2n) is 2.11. The summed E-state index contributed by atoms with van der Waals surface area (Å²) in [4.78, 5) is 13.4. The fraction of sp³-hybridized carbons (Fsp3) is 0.286. The van der Waals surface area contributed by atoms with Crippen LogP contribution >= 0.6 is 0 Å². The van der Waals surface area contributed by atoms with Gasteiger partial charge in [0.25, 0.3) is 0 Å². The molecule has 54 valence electrons. The van der Waals surface area contributed by atoms with E-state index in [4.69, 9.17) is 0 Å². The lowest BCUT2D eigenvalue weighted by Crippen LogP contribution is -2.18. The van der Waals surface area contributed by atoms with Crippen LogP contribution in [0.25, 0.3) is 0 Å². The molecule has 0 saturated carbocycles. The molecule has 1 heterocycles. The van der Waals surface area contributed by atoms with E-state index in [1.54, 1.807) is 0 Å². The molecule has 0 aliphatic rings. The van der Waals surface area contributed by atoms with Crippen LogP contribution < -0.4 is 5.32 Å². The van der Waals surface area contributed by atoms with Gasteiger partial charge in [-0.05, 0) is 12.1 Å². The van der Waals surface area contributed by atoms with Crippen molar-refractivity contribution in [3.63, 3.8) is 0 Å². The zero-order valence-electron chi connectivity index (χ0n) is 5.85. The summed E-state index contributed by atoms with van der Waals surface area (Å²) < 4.78 is 0. The Labute approximate surface area is 59.4 Å². The second kappa shape index (κ2) is 3.06. The quantitative estimate of drug-likeness (QED) is 0.619. The average Bonchev–Trinajstić information content (AvgIpc) is 2.34. The van der Waals surface area contributed by atoms with Crippen molar-refractivity contribution in [1.29, 1.82) is 0 Å². The number of aromatic nitrogens is 1. The van der Waals surface area contributed by atoms with Gasteiger partial charge in [-0.3, -0.25) is 4.79 Å². The molecule has 0 aliphatic heterocycles. The average molecular weight is 138 g/mol. The highest BCUT2D eigenvalue weighted by Crippen LogP contribution is 1.91. The Morgan fingerprint density at radius 2 is 2.60 bits per heavy atom. The predicted octanol–water partition coefficient (Wildman–Crippen LogP) is 0.651. The Balaban J connectivity index is 2.35. The minimum Gasteiger partial charge on any atom is -0.364 e. The highest BCUT2D eigenvalue weighted by molar-refractivity contribution is 5.72. The fourth-order valence-corrected chi connectivity index (χ4v) is 0.697. The van der Waals surface area contributed by atoms with Gasteiger partial charge in [-0.25, -0.2) is 0 Å². The molecule has 0 saturated heterocycles. The van der Waals surface area contributed by atoms with Gasteiger partial charge in [0.05, 0.1) is 6.54 Å². The third-order valence-electron chi connectivity index (χ3n) is 1.19. The molecule has 1 aromatic heterocycles. The number of carbonyl (C=O) groups is 1. The standard InChI is InChI=1S/C7H10N2O/c1-6(10)9-5-7-3-2-4-8-7/h2-4,8H,5H2,1H3,(H,9,10). The zero-order chi connectivity index (χ0) is 7.40. The van der Waals surface area contributed by atoms with Crippen molar-refractivity contribution in [3.8, 4) is 0 Å². The highest BCUT2D eigenvalue weighted by atomic mass is 16.1. The zero-order valence-corrected chi connectivity index (χ0v) is 5.85. The molecular formula is C7H10N2O. The van der Waals surface area contributed by atoms with Crippen LogP contribution in [0.3, 0.4) is 0 Å². The largest absolute Gasteiger partial charge is 0.364 e. The van der Waals surface area contributed by atoms with Gasteiger partial charge in [-0.15, -0.1) is 0 Å². The lowest BCUT2D eigenvalue weighted by atomic mass is 10.4. The van der Waals surface area contributed by atoms with E-state index in [1.807, 2.05) is 18.3 Å². The summed E-state index contributed by atoms with van der Waals surface area (Å²) in [5.74, 6) is -0.00500. The Morgan fingerprint density at radius 1 is 1.80 bits per heavy atom. The van der Waals surface area contributed by atoms with Crippen molar-refractivity contribution < 1.29 is 4.79 Å². The Morgan fingerprint density at radius 3 is 3.10 bits per heavy atom. The van der Waals surface area contributed by atoms with Gasteiger partial charge in [-0.1, -0.05) is 0 Å². The van der Waals surface area contributed by atoms with Crippen molar-refractivity contribution in [3.05, 3.63) is 24.0 Å². The number of hydrogen-bond donors (Lipinski definition) is 2. The van der Waals surface area contributed by atoms with Crippen LogP contribution in [0.4, 0.5) is 0 Å². The topological polar surface area (TPSA) is 44.9 Å². The number of nitrogens with one attached hydrogen (secondary N) is 2. The molecule has 1 amide bonds. The first-order valence-electron chi connectivity index (χ1n) is 3.16. The number of carbonyl (C=O) groups excluding carboxylic acids is 1. The molecule has 0 aliphatic carbocycles. The third-order valence-corrected chi connectivity index (χ3v) is 1.19. The van der Waals surface area contributed by atoms with E-state index in [9.17, 15) is 4.79 Å². The maximum Gasteiger partial charge on any atom is 0.217 e. The summed E-state index contributed by atoms with van der Waals surface area (Å²) in [6.07, 6.45) is 1.83. The molecule has 0 bridgehead atoms. The van der Waals surface area contributed by atoms with E-state index in [0.717, 1.165) is 5.69 Å². The van der Waals surface area contributed by atoms with Crippen LogP contribution in [0.15, 0.2) is 18.3 Å². The van der Waals surface area contributed by atoms with Crippen LogP contribution in [0, 0.1) is 0 Å². The van der Waals surface area contributed by atoms with E-state index in [0.29, 0.717) is 6.54 Å². The molecule has 3 nitrogen and oxygen atoms in total. The maximum absolute atomic E-state index is 10.4. The van der Waals surface area contributed by atoms with E-state index in [2.05, 4.69) is 10.3 Å². The first kappa shape index (κ1) is 6.86. The molecule has 1 rings (SSSR count). The summed E-state index contributed by atoms with van der Waals surface area (Å²) in [7, 11) is 0. The number of aromatic amines is 1. The van der Waals surface area contributed by atoms with Crippen LogP contribution in [-0.4, -0.2) is 10.9 Å².